The van der Waals surface area contributed by atoms with Crippen LogP contribution in [0.2, 0.25) is 0 Å². The summed E-state index contributed by atoms with van der Waals surface area (Å²) in [6.07, 6.45) is 7.25. The molecule has 3 rings (SSSR count). The molecule has 1 aliphatic heterocycles. The number of benzene rings is 1. The molecule has 2 heterocycles. The Hall–Kier alpha value is -3.08. The Bertz CT molecular complexity index is 1190. The molecule has 0 spiro atoms. The van der Waals surface area contributed by atoms with Gasteiger partial charge in [-0.3, -0.25) is 19.3 Å². The number of sulfonamides is 1. The van der Waals surface area contributed by atoms with Crippen molar-refractivity contribution in [1.29, 1.82) is 0 Å². The molecule has 11 heteroatoms. The number of hydrogen-bond acceptors (Lipinski definition) is 8. The van der Waals surface area contributed by atoms with Crippen LogP contribution in [-0.4, -0.2) is 48.7 Å². The zero-order valence-electron chi connectivity index (χ0n) is 21.1. The molecular formula is C25H35N5O5S. The summed E-state index contributed by atoms with van der Waals surface area (Å²) in [7, 11) is -3.74. The van der Waals surface area contributed by atoms with Gasteiger partial charge < -0.3 is 9.73 Å². The third-order valence-electron chi connectivity index (χ3n) is 6.28. The maximum absolute atomic E-state index is 13.2. The van der Waals surface area contributed by atoms with Crippen molar-refractivity contribution < 1.29 is 22.4 Å². The molecule has 1 unspecified atom stereocenters. The number of nitrogens with zero attached hydrogens (tertiary/aromatic N) is 3. The number of ketones is 1. The lowest BCUT2D eigenvalue weighted by Crippen LogP contribution is -2.39. The summed E-state index contributed by atoms with van der Waals surface area (Å²) in [4.78, 5) is 30.3. The van der Waals surface area contributed by atoms with E-state index in [9.17, 15) is 18.0 Å². The van der Waals surface area contributed by atoms with Crippen molar-refractivity contribution in [2.24, 2.45) is 10.9 Å². The number of carbonyl (C=O) groups is 2. The topological polar surface area (TPSA) is 144 Å². The first-order valence-electron chi connectivity index (χ1n) is 12.6. The molecule has 0 saturated carbocycles. The number of aliphatic imine (C=N–C) groups is 1. The van der Waals surface area contributed by atoms with Crippen LogP contribution >= 0.6 is 0 Å². The molecule has 1 aromatic carbocycles. The van der Waals surface area contributed by atoms with Crippen LogP contribution in [0, 0.1) is 5.92 Å². The van der Waals surface area contributed by atoms with E-state index in [1.807, 2.05) is 6.92 Å². The Morgan fingerprint density at radius 3 is 2.58 bits per heavy atom. The molecule has 1 amide bonds. The number of hydrogen-bond donors (Lipinski definition) is 2. The lowest BCUT2D eigenvalue weighted by atomic mass is 9.91. The van der Waals surface area contributed by atoms with Gasteiger partial charge in [0, 0.05) is 12.0 Å². The molecule has 0 aliphatic carbocycles. The first-order chi connectivity index (χ1) is 17.3. The van der Waals surface area contributed by atoms with Crippen LogP contribution < -0.4 is 10.0 Å². The fourth-order valence-electron chi connectivity index (χ4n) is 4.14. The molecule has 0 radical (unpaired) electrons. The Morgan fingerprint density at radius 2 is 1.89 bits per heavy atom. The fourth-order valence-corrected chi connectivity index (χ4v) is 5.38. The van der Waals surface area contributed by atoms with Gasteiger partial charge in [-0.1, -0.05) is 71.4 Å². The van der Waals surface area contributed by atoms with E-state index in [1.54, 1.807) is 18.2 Å². The second-order valence-electron chi connectivity index (χ2n) is 8.95. The van der Waals surface area contributed by atoms with E-state index in [0.717, 1.165) is 32.1 Å². The number of unbranched alkanes of at least 4 members (excludes halogenated alkanes) is 3. The van der Waals surface area contributed by atoms with Crippen molar-refractivity contribution in [1.82, 2.24) is 20.2 Å². The summed E-state index contributed by atoms with van der Waals surface area (Å²) in [5, 5.41) is 10.1. The summed E-state index contributed by atoms with van der Waals surface area (Å²) >= 11 is 0. The molecule has 2 atom stereocenters. The minimum Gasteiger partial charge on any atom is -0.418 e. The van der Waals surface area contributed by atoms with Crippen LogP contribution in [-0.2, 0) is 21.2 Å². The Labute approximate surface area is 212 Å². The van der Waals surface area contributed by atoms with Crippen molar-refractivity contribution >= 4 is 27.5 Å². The summed E-state index contributed by atoms with van der Waals surface area (Å²) in [6.45, 7) is 5.74. The maximum atomic E-state index is 13.2. The normalized spacial score (nSPS) is 16.8. The Morgan fingerprint density at radius 1 is 1.11 bits per heavy atom. The van der Waals surface area contributed by atoms with Crippen molar-refractivity contribution in [3.8, 4) is 0 Å². The van der Waals surface area contributed by atoms with Crippen LogP contribution in [0.5, 0.6) is 0 Å². The van der Waals surface area contributed by atoms with Gasteiger partial charge in [0.25, 0.3) is 15.9 Å². The number of rotatable bonds is 14. The first kappa shape index (κ1) is 27.5. The number of amides is 1. The van der Waals surface area contributed by atoms with Crippen LogP contribution in [0.15, 0.2) is 38.6 Å². The number of carbonyl (C=O) groups excluding carboxylic acids is 2. The highest BCUT2D eigenvalue weighted by Gasteiger charge is 2.32. The number of nitrogens with one attached hydrogen (secondary N) is 2. The second kappa shape index (κ2) is 12.8. The van der Waals surface area contributed by atoms with Crippen LogP contribution in [0.4, 0.5) is 0 Å². The summed E-state index contributed by atoms with van der Waals surface area (Å²) in [5.74, 6) is -0.400. The van der Waals surface area contributed by atoms with E-state index in [-0.39, 0.29) is 29.1 Å². The highest BCUT2D eigenvalue weighted by Crippen LogP contribution is 2.25. The molecule has 0 bridgehead atoms. The van der Waals surface area contributed by atoms with Crippen LogP contribution in [0.25, 0.3) is 0 Å². The van der Waals surface area contributed by atoms with Crippen molar-refractivity contribution in [2.45, 2.75) is 83.1 Å². The van der Waals surface area contributed by atoms with Gasteiger partial charge in [0.15, 0.2) is 0 Å². The smallest absolute Gasteiger partial charge is 0.285 e. The fraction of sp³-hybridized carbons (Fsp3) is 0.560. The molecule has 36 heavy (non-hydrogen) atoms. The average molecular weight is 518 g/mol. The van der Waals surface area contributed by atoms with E-state index >= 15 is 0 Å². The van der Waals surface area contributed by atoms with E-state index in [0.29, 0.717) is 24.3 Å². The predicted molar refractivity (Wildman–Crippen MR) is 135 cm³/mol. The molecule has 0 saturated heterocycles. The number of fused-ring (bicyclic) bond motifs is 1. The Kier molecular flexibility index (Phi) is 9.74. The summed E-state index contributed by atoms with van der Waals surface area (Å²) in [6, 6.07) is 5.66. The quantitative estimate of drug-likeness (QED) is 0.289. The van der Waals surface area contributed by atoms with Gasteiger partial charge in [-0.2, -0.15) is 0 Å². The number of aromatic nitrogens is 2. The number of Topliss-reactive ketones (excluding diaryl/α,β-unsaturated/α-hetero) is 1. The molecule has 196 valence electrons. The van der Waals surface area contributed by atoms with E-state index in [2.05, 4.69) is 39.1 Å². The highest BCUT2D eigenvalue weighted by molar-refractivity contribution is 7.90. The monoisotopic (exact) mass is 517 g/mol. The van der Waals surface area contributed by atoms with Crippen molar-refractivity contribution in [2.75, 3.05) is 6.54 Å². The van der Waals surface area contributed by atoms with Gasteiger partial charge in [0.2, 0.25) is 17.6 Å². The summed E-state index contributed by atoms with van der Waals surface area (Å²) < 4.78 is 32.8. The third-order valence-corrected chi connectivity index (χ3v) is 7.68. The standard InChI is InChI=1S/C25H35N5O5S/c1-4-7-8-9-12-17(5-2)15-19(24(32)26-16-20(31)25-29-28-22(6-3)35-25)27-23-18-13-10-11-14-21(18)36(33,34)30-23/h10-11,13-14,17,19H,4-9,12,15-16H2,1-3H3,(H,26,32)(H,27,30)/t17?,19-/m0/s1. The van der Waals surface area contributed by atoms with Gasteiger partial charge in [-0.15, -0.1) is 10.2 Å². The van der Waals surface area contributed by atoms with Gasteiger partial charge in [-0.05, 0) is 24.5 Å². The Balaban J connectivity index is 1.78. The van der Waals surface area contributed by atoms with Crippen LogP contribution in [0.1, 0.15) is 87.9 Å². The van der Waals surface area contributed by atoms with E-state index in [4.69, 9.17) is 4.42 Å². The molecule has 2 aromatic rings. The van der Waals surface area contributed by atoms with Crippen molar-refractivity contribution in [3.63, 3.8) is 0 Å². The molecule has 0 fully saturated rings. The molecular weight excluding hydrogens is 482 g/mol. The SMILES string of the molecule is CCCCCCC(CC)C[C@H](N=C1NS(=O)(=O)c2ccccc21)C(=O)NCC(=O)c1nnc(CC)o1. The lowest BCUT2D eigenvalue weighted by Gasteiger charge is -2.20. The third kappa shape index (κ3) is 6.99. The molecule has 2 N–H and O–H groups in total. The van der Waals surface area contributed by atoms with E-state index in [1.165, 1.54) is 12.5 Å². The average Bonchev–Trinajstić information content (AvgIpc) is 3.46. The molecule has 1 aromatic heterocycles. The summed E-state index contributed by atoms with van der Waals surface area (Å²) in [5.41, 5.74) is 0.431. The number of amidine groups is 1. The van der Waals surface area contributed by atoms with Gasteiger partial charge in [0.1, 0.15) is 11.9 Å². The van der Waals surface area contributed by atoms with Gasteiger partial charge in [0.05, 0.1) is 11.4 Å². The zero-order chi connectivity index (χ0) is 26.1. The second-order valence-corrected chi connectivity index (χ2v) is 10.6. The minimum atomic E-state index is -3.74. The predicted octanol–water partition coefficient (Wildman–Crippen LogP) is 3.42. The molecule has 10 nitrogen and oxygen atoms in total. The lowest BCUT2D eigenvalue weighted by molar-refractivity contribution is -0.122. The first-order valence-corrected chi connectivity index (χ1v) is 14.1. The largest absolute Gasteiger partial charge is 0.418 e. The molecule has 1 aliphatic rings. The van der Waals surface area contributed by atoms with Gasteiger partial charge in [-0.25, -0.2) is 8.42 Å². The highest BCUT2D eigenvalue weighted by atomic mass is 32.2. The maximum Gasteiger partial charge on any atom is 0.285 e. The van der Waals surface area contributed by atoms with Gasteiger partial charge >= 0.3 is 0 Å². The zero-order valence-corrected chi connectivity index (χ0v) is 21.9. The number of aryl methyl sites for hydroxylation is 1. The minimum absolute atomic E-state index is 0.132. The van der Waals surface area contributed by atoms with E-state index < -0.39 is 27.8 Å². The van der Waals surface area contributed by atoms with Crippen molar-refractivity contribution in [3.05, 3.63) is 41.6 Å². The van der Waals surface area contributed by atoms with Crippen LogP contribution in [0.3, 0.4) is 0 Å².